The van der Waals surface area contributed by atoms with E-state index in [1.165, 1.54) is 0 Å². The lowest BCUT2D eigenvalue weighted by Gasteiger charge is -2.34. The Morgan fingerprint density at radius 3 is 1.38 bits per heavy atom. The van der Waals surface area contributed by atoms with E-state index in [0.717, 1.165) is 60.7 Å². The molecule has 262 valence electrons. The van der Waals surface area contributed by atoms with Crippen molar-refractivity contribution in [1.82, 2.24) is 9.97 Å². The molecule has 0 atom stereocenters. The minimum atomic E-state index is -4.61. The molecule has 0 bridgehead atoms. The number of carbonyl (C=O) groups is 4. The van der Waals surface area contributed by atoms with Gasteiger partial charge in [-0.25, -0.2) is 0 Å². The van der Waals surface area contributed by atoms with Crippen LogP contribution in [0.25, 0.3) is 21.8 Å². The second kappa shape index (κ2) is 12.4. The van der Waals surface area contributed by atoms with Gasteiger partial charge in [0.05, 0.1) is 16.5 Å². The highest BCUT2D eigenvalue weighted by Crippen LogP contribution is 2.48. The molecule has 0 saturated heterocycles. The van der Waals surface area contributed by atoms with E-state index < -0.39 is 58.7 Å². The molecule has 2 heterocycles. The van der Waals surface area contributed by atoms with Crippen LogP contribution in [0.2, 0.25) is 0 Å². The van der Waals surface area contributed by atoms with Crippen molar-refractivity contribution in [2.45, 2.75) is 24.2 Å². The smallest absolute Gasteiger partial charge is 0.350 e. The summed E-state index contributed by atoms with van der Waals surface area (Å²) in [5.41, 5.74) is -3.48. The zero-order valence-corrected chi connectivity index (χ0v) is 26.5. The second-order valence-electron chi connectivity index (χ2n) is 12.1. The predicted molar refractivity (Wildman–Crippen MR) is 180 cm³/mol. The summed E-state index contributed by atoms with van der Waals surface area (Å²) < 4.78 is 79.3. The van der Waals surface area contributed by atoms with Gasteiger partial charge in [0.25, 0.3) is 11.8 Å². The normalized spacial score (nSPS) is 14.6. The number of carbonyl (C=O) groups excluding carboxylic acids is 4. The first kappa shape index (κ1) is 34.0. The zero-order valence-electron chi connectivity index (χ0n) is 26.5. The summed E-state index contributed by atoms with van der Waals surface area (Å²) >= 11 is 0. The van der Waals surface area contributed by atoms with Gasteiger partial charge in [-0.05, 0) is 72.8 Å². The third-order valence-corrected chi connectivity index (χ3v) is 8.94. The van der Waals surface area contributed by atoms with Crippen molar-refractivity contribution in [3.05, 3.63) is 143 Å². The van der Waals surface area contributed by atoms with E-state index in [4.69, 9.17) is 0 Å². The van der Waals surface area contributed by atoms with E-state index in [0.29, 0.717) is 21.8 Å². The van der Waals surface area contributed by atoms with Crippen LogP contribution < -0.4 is 10.6 Å². The number of halogens is 6. The molecular weight excluding hydrogens is 690 g/mol. The van der Waals surface area contributed by atoms with Gasteiger partial charge in [-0.3, -0.25) is 19.2 Å². The average Bonchev–Trinajstić information content (AvgIpc) is 3.69. The van der Waals surface area contributed by atoms with E-state index in [1.54, 1.807) is 48.5 Å². The highest BCUT2D eigenvalue weighted by molar-refractivity contribution is 6.21. The Bertz CT molecular complexity index is 2290. The van der Waals surface area contributed by atoms with Gasteiger partial charge >= 0.3 is 12.4 Å². The number of benzene rings is 4. The van der Waals surface area contributed by atoms with Crippen LogP contribution in [-0.4, -0.2) is 33.3 Å². The summed E-state index contributed by atoms with van der Waals surface area (Å²) in [6.07, 6.45) is -7.61. The molecule has 0 fully saturated rings. The number of hydrogen-bond acceptors (Lipinski definition) is 4. The Morgan fingerprint density at radius 2 is 0.981 bits per heavy atom. The summed E-state index contributed by atoms with van der Waals surface area (Å²) in [6.45, 7) is 0. The molecule has 0 radical (unpaired) electrons. The molecule has 1 aliphatic rings. The molecule has 7 rings (SSSR count). The lowest BCUT2D eigenvalue weighted by molar-refractivity contribution is -0.138. The molecule has 0 saturated carbocycles. The lowest BCUT2D eigenvalue weighted by atomic mass is 9.64. The number of amides is 2. The molecule has 0 unspecified atom stereocenters. The molecule has 4 aromatic carbocycles. The summed E-state index contributed by atoms with van der Waals surface area (Å²) in [6, 6.07) is 20.6. The van der Waals surface area contributed by atoms with Gasteiger partial charge in [0.15, 0.2) is 11.6 Å². The number of anilines is 2. The number of fused-ring (bicyclic) bond motifs is 2. The van der Waals surface area contributed by atoms with Crippen molar-refractivity contribution in [2.24, 2.45) is 0 Å². The number of hydrogen-bond donors (Lipinski definition) is 4. The maximum atomic E-state index is 14.5. The fourth-order valence-corrected chi connectivity index (χ4v) is 6.65. The Kier molecular flexibility index (Phi) is 8.12. The van der Waals surface area contributed by atoms with Gasteiger partial charge in [0.2, 0.25) is 0 Å². The predicted octanol–water partition coefficient (Wildman–Crippen LogP) is 8.58. The van der Waals surface area contributed by atoms with Gasteiger partial charge in [0.1, 0.15) is 11.4 Å². The molecule has 8 nitrogen and oxygen atoms in total. The number of aromatic amines is 2. The Balaban J connectivity index is 1.43. The number of rotatable bonds is 6. The Hall–Kier alpha value is -6.44. The maximum absolute atomic E-state index is 14.5. The third-order valence-electron chi connectivity index (χ3n) is 8.94. The number of aromatic nitrogens is 2. The van der Waals surface area contributed by atoms with Crippen LogP contribution in [-0.2, 0) is 27.4 Å². The van der Waals surface area contributed by atoms with Crippen LogP contribution in [0.5, 0.6) is 0 Å². The van der Waals surface area contributed by atoms with Gasteiger partial charge in [0, 0.05) is 50.7 Å². The molecule has 2 aromatic heterocycles. The van der Waals surface area contributed by atoms with Crippen molar-refractivity contribution < 1.29 is 45.5 Å². The summed E-state index contributed by atoms with van der Waals surface area (Å²) in [5, 5.41) is 5.83. The van der Waals surface area contributed by atoms with E-state index in [2.05, 4.69) is 20.6 Å². The topological polar surface area (TPSA) is 124 Å². The Labute approximate surface area is 289 Å². The number of alkyl halides is 6. The first-order valence-corrected chi connectivity index (χ1v) is 15.6. The van der Waals surface area contributed by atoms with E-state index in [-0.39, 0.29) is 33.9 Å². The molecule has 52 heavy (non-hydrogen) atoms. The van der Waals surface area contributed by atoms with Gasteiger partial charge in [-0.15, -0.1) is 0 Å². The van der Waals surface area contributed by atoms with Crippen molar-refractivity contribution in [1.29, 1.82) is 0 Å². The largest absolute Gasteiger partial charge is 0.416 e. The van der Waals surface area contributed by atoms with E-state index >= 15 is 0 Å². The fourth-order valence-electron chi connectivity index (χ4n) is 6.65. The van der Waals surface area contributed by atoms with Crippen LogP contribution in [0.1, 0.15) is 49.7 Å². The number of para-hydroxylation sites is 2. The van der Waals surface area contributed by atoms with Gasteiger partial charge < -0.3 is 20.6 Å². The van der Waals surface area contributed by atoms with Crippen molar-refractivity contribution in [2.75, 3.05) is 10.6 Å². The van der Waals surface area contributed by atoms with Crippen LogP contribution >= 0.6 is 0 Å². The number of allylic oxidation sites excluding steroid dienone is 2. The maximum Gasteiger partial charge on any atom is 0.416 e. The highest BCUT2D eigenvalue weighted by atomic mass is 19.4. The standard InChI is InChI=1S/C38H24F6N4O4/c39-37(40,41)20-9-13-22(14-10-20)45-34(51)32-30(25-5-1-3-7-27(25)47-32)36(19-24(49)17-18-29(36)50)31-26-6-2-4-8-28(26)48-33(31)35(52)46-23-15-11-21(12-16-23)38(42,43)44/h1-18,47-48H,19H2,(H,45,51)(H,46,52). The molecule has 4 N–H and O–H groups in total. The zero-order chi connectivity index (χ0) is 37.0. The molecule has 1 aliphatic carbocycles. The molecule has 0 spiro atoms. The molecular formula is C38H24F6N4O4. The minimum Gasteiger partial charge on any atom is -0.350 e. The van der Waals surface area contributed by atoms with Crippen molar-refractivity contribution in [3.8, 4) is 0 Å². The van der Waals surface area contributed by atoms with Crippen molar-refractivity contribution in [3.63, 3.8) is 0 Å². The second-order valence-corrected chi connectivity index (χ2v) is 12.1. The highest BCUT2D eigenvalue weighted by Gasteiger charge is 2.51. The SMILES string of the molecule is O=C1C=CC(=O)C(c2c(C(=O)Nc3ccc(C(F)(F)F)cc3)[nH]c3ccccc23)(c2c(C(=O)Nc3ccc(C(F)(F)F)cc3)[nH]c3ccccc23)C1. The molecule has 0 aliphatic heterocycles. The van der Waals surface area contributed by atoms with E-state index in [9.17, 15) is 45.5 Å². The third kappa shape index (κ3) is 5.91. The van der Waals surface area contributed by atoms with Crippen LogP contribution in [0, 0.1) is 0 Å². The Morgan fingerprint density at radius 1 is 0.577 bits per heavy atom. The summed E-state index contributed by atoms with van der Waals surface area (Å²) in [5.74, 6) is -2.88. The van der Waals surface area contributed by atoms with Crippen LogP contribution in [0.4, 0.5) is 37.7 Å². The van der Waals surface area contributed by atoms with Gasteiger partial charge in [-0.1, -0.05) is 36.4 Å². The first-order chi connectivity index (χ1) is 24.7. The number of nitrogens with one attached hydrogen (secondary N) is 4. The molecule has 2 amide bonds. The number of H-pyrrole nitrogens is 2. The van der Waals surface area contributed by atoms with Crippen LogP contribution in [0.3, 0.4) is 0 Å². The van der Waals surface area contributed by atoms with Gasteiger partial charge in [-0.2, -0.15) is 26.3 Å². The molecule has 6 aromatic rings. The summed E-state index contributed by atoms with van der Waals surface area (Å²) in [4.78, 5) is 62.2. The fraction of sp³-hybridized carbons (Fsp3) is 0.105. The summed E-state index contributed by atoms with van der Waals surface area (Å²) in [7, 11) is 0. The first-order valence-electron chi connectivity index (χ1n) is 15.6. The average molecular weight is 715 g/mol. The van der Waals surface area contributed by atoms with Crippen molar-refractivity contribution >= 4 is 56.6 Å². The van der Waals surface area contributed by atoms with Crippen LogP contribution in [0.15, 0.2) is 109 Å². The minimum absolute atomic E-state index is 0.00583. The van der Waals surface area contributed by atoms with E-state index in [1.807, 2.05) is 0 Å². The quantitative estimate of drug-likeness (QED) is 0.129. The number of ketones is 2. The lowest BCUT2D eigenvalue weighted by Crippen LogP contribution is -2.43. The monoisotopic (exact) mass is 714 g/mol. The molecule has 14 heteroatoms.